The fourth-order valence-electron chi connectivity index (χ4n) is 5.34. The van der Waals surface area contributed by atoms with Gasteiger partial charge in [0.1, 0.15) is 0 Å². The van der Waals surface area contributed by atoms with Gasteiger partial charge in [0.05, 0.1) is 26.6 Å². The molecule has 1 aliphatic rings. The van der Waals surface area contributed by atoms with Gasteiger partial charge < -0.3 is 9.45 Å². The van der Waals surface area contributed by atoms with Gasteiger partial charge in [-0.2, -0.15) is 8.42 Å². The number of thioether (sulfide) groups is 5. The number of hydrogen-bond acceptors (Lipinski definition) is 12. The van der Waals surface area contributed by atoms with E-state index in [-0.39, 0.29) is 41.1 Å². The Morgan fingerprint density at radius 2 is 1.48 bits per heavy atom. The van der Waals surface area contributed by atoms with Crippen molar-refractivity contribution >= 4 is 112 Å². The standard InChI is InChI=1S/C32H41NO6S8.Na/c1-6-21(15-25-22(11-7-9-13-46(34,35)36)23-17-28(40-2)30(42-4)19-26(23)44-25)16-32-33(12-8-10-14-47(37,38)39)24-18-29(41-3)31(43-5)20-27(24)45-32;/h15-20H,6-14H2,1-5H3,(H,34,35,36)(H,37,38,39);/q;+1/p-1/b21-15-,32-16+;. The molecule has 258 valence electrons. The van der Waals surface area contributed by atoms with Crippen LogP contribution in [0, 0.1) is 0 Å². The first-order chi connectivity index (χ1) is 22.3. The minimum Gasteiger partial charge on any atom is -0.748 e. The smallest absolute Gasteiger partial charge is 0.748 e. The molecule has 7 nitrogen and oxygen atoms in total. The zero-order chi connectivity index (χ0) is 34.4. The van der Waals surface area contributed by atoms with Crippen LogP contribution in [0.2, 0.25) is 0 Å². The minimum atomic E-state index is -4.26. The van der Waals surface area contributed by atoms with E-state index in [1.165, 1.54) is 35.2 Å². The van der Waals surface area contributed by atoms with Crippen LogP contribution in [0.15, 0.2) is 65.4 Å². The Bertz CT molecular complexity index is 1870. The van der Waals surface area contributed by atoms with Crippen LogP contribution < -0.4 is 34.5 Å². The summed E-state index contributed by atoms with van der Waals surface area (Å²) in [6.45, 7) is 2.73. The Morgan fingerprint density at radius 1 is 0.875 bits per heavy atom. The topological polar surface area (TPSA) is 115 Å². The summed E-state index contributed by atoms with van der Waals surface area (Å²) in [7, 11) is -8.26. The Balaban J connectivity index is 0.00000625. The maximum absolute atomic E-state index is 11.4. The molecule has 0 spiro atoms. The molecule has 4 rings (SSSR count). The molecule has 1 aromatic heterocycles. The van der Waals surface area contributed by atoms with Crippen molar-refractivity contribution in [2.75, 3.05) is 48.0 Å². The molecular weight excluding hydrogens is 774 g/mol. The predicted molar refractivity (Wildman–Crippen MR) is 208 cm³/mol. The Labute approximate surface area is 333 Å². The Morgan fingerprint density at radius 3 is 2.08 bits per heavy atom. The molecule has 0 atom stereocenters. The number of hydrogen-bond donors (Lipinski definition) is 1. The first-order valence-electron chi connectivity index (χ1n) is 15.0. The summed E-state index contributed by atoms with van der Waals surface area (Å²) in [5, 5.41) is 2.25. The second-order valence-electron chi connectivity index (χ2n) is 10.8. The van der Waals surface area contributed by atoms with Crippen LogP contribution in [0.3, 0.4) is 0 Å². The average Bonchev–Trinajstić information content (AvgIpc) is 3.53. The van der Waals surface area contributed by atoms with Crippen LogP contribution >= 0.6 is 70.1 Å². The first kappa shape index (κ1) is 42.7. The molecule has 0 saturated heterocycles. The number of rotatable bonds is 17. The fourth-order valence-corrected chi connectivity index (χ4v) is 12.0. The van der Waals surface area contributed by atoms with Gasteiger partial charge in [-0.05, 0) is 116 Å². The third kappa shape index (κ3) is 11.6. The van der Waals surface area contributed by atoms with Crippen LogP contribution in [0.4, 0.5) is 5.69 Å². The zero-order valence-corrected chi connectivity index (χ0v) is 36.6. The molecule has 0 fully saturated rings. The molecule has 0 aliphatic carbocycles. The van der Waals surface area contributed by atoms with E-state index < -0.39 is 20.2 Å². The van der Waals surface area contributed by atoms with Gasteiger partial charge in [-0.25, -0.2) is 8.42 Å². The van der Waals surface area contributed by atoms with Crippen molar-refractivity contribution in [1.82, 2.24) is 0 Å². The van der Waals surface area contributed by atoms with E-state index in [1.54, 1.807) is 70.1 Å². The number of thiophene rings is 1. The van der Waals surface area contributed by atoms with Crippen molar-refractivity contribution in [2.24, 2.45) is 0 Å². The normalized spacial score (nSPS) is 14.6. The van der Waals surface area contributed by atoms with E-state index in [0.29, 0.717) is 38.6 Å². The van der Waals surface area contributed by atoms with Crippen LogP contribution in [0.1, 0.15) is 49.5 Å². The van der Waals surface area contributed by atoms with E-state index in [2.05, 4.69) is 73.3 Å². The number of benzene rings is 2. The van der Waals surface area contributed by atoms with Crippen LogP contribution in [0.25, 0.3) is 16.2 Å². The molecule has 0 bridgehead atoms. The molecule has 2 aromatic carbocycles. The molecule has 1 N–H and O–H groups in total. The van der Waals surface area contributed by atoms with Crippen LogP contribution in [-0.2, 0) is 26.7 Å². The van der Waals surface area contributed by atoms with Gasteiger partial charge >= 0.3 is 29.6 Å². The maximum Gasteiger partial charge on any atom is 1.00 e. The Hall–Kier alpha value is 0.250. The number of allylic oxidation sites excluding steroid dienone is 2. The second-order valence-corrected chi connectivity index (χ2v) is 19.5. The molecular formula is C32H40NNaO6S8. The van der Waals surface area contributed by atoms with Crippen molar-refractivity contribution in [3.63, 3.8) is 0 Å². The maximum atomic E-state index is 11.4. The summed E-state index contributed by atoms with van der Waals surface area (Å²) in [5.74, 6) is -0.610. The molecule has 0 radical (unpaired) electrons. The molecule has 48 heavy (non-hydrogen) atoms. The van der Waals surface area contributed by atoms with Crippen LogP contribution in [-0.4, -0.2) is 69.0 Å². The zero-order valence-electron chi connectivity index (χ0n) is 28.0. The summed E-state index contributed by atoms with van der Waals surface area (Å²) in [6, 6.07) is 8.94. The first-order valence-corrected chi connectivity index (χ1v) is 24.7. The minimum absolute atomic E-state index is 0. The number of aryl methyl sites for hydroxylation is 1. The van der Waals surface area contributed by atoms with Crippen molar-refractivity contribution in [3.05, 3.63) is 51.4 Å². The van der Waals surface area contributed by atoms with Gasteiger partial charge in [0.15, 0.2) is 0 Å². The number of anilines is 1. The summed E-state index contributed by atoms with van der Waals surface area (Å²) < 4.78 is 67.0. The van der Waals surface area contributed by atoms with E-state index in [0.717, 1.165) is 32.5 Å². The third-order valence-corrected chi connectivity index (χ3v) is 14.9. The molecule has 16 heteroatoms. The quantitative estimate of drug-likeness (QED) is 0.0688. The number of unbranched alkanes of at least 4 members (excludes halogenated alkanes) is 2. The molecule has 0 unspecified atom stereocenters. The van der Waals surface area contributed by atoms with Gasteiger partial charge in [0.2, 0.25) is 0 Å². The van der Waals surface area contributed by atoms with Gasteiger partial charge in [0, 0.05) is 46.4 Å². The monoisotopic (exact) mass is 813 g/mol. The SMILES string of the molecule is CCC(=C/c1sc2cc(SC)c(SC)cc2c1CCCCS(=O)(=O)O)/C=C1/Sc2cc(SC)c(SC)cc2N1CCCCS(=O)(=O)[O-].[Na+]. The molecule has 0 amide bonds. The van der Waals surface area contributed by atoms with Crippen LogP contribution in [0.5, 0.6) is 0 Å². The predicted octanol–water partition coefficient (Wildman–Crippen LogP) is 6.58. The number of fused-ring (bicyclic) bond motifs is 2. The second kappa shape index (κ2) is 19.4. The van der Waals surface area contributed by atoms with Crippen molar-refractivity contribution in [2.45, 2.75) is 69.9 Å². The van der Waals surface area contributed by atoms with Gasteiger partial charge in [-0.15, -0.1) is 58.4 Å². The average molecular weight is 814 g/mol. The Kier molecular flexibility index (Phi) is 17.2. The van der Waals surface area contributed by atoms with E-state index >= 15 is 0 Å². The molecule has 2 heterocycles. The van der Waals surface area contributed by atoms with Crippen molar-refractivity contribution in [3.8, 4) is 0 Å². The summed E-state index contributed by atoms with van der Waals surface area (Å²) in [5.41, 5.74) is 3.43. The van der Waals surface area contributed by atoms with E-state index in [4.69, 9.17) is 0 Å². The van der Waals surface area contributed by atoms with Crippen molar-refractivity contribution < 1.29 is 55.5 Å². The van der Waals surface area contributed by atoms with Gasteiger partial charge in [-0.3, -0.25) is 4.55 Å². The summed E-state index contributed by atoms with van der Waals surface area (Å²) in [6.07, 6.45) is 16.2. The largest absolute Gasteiger partial charge is 1.00 e. The van der Waals surface area contributed by atoms with Gasteiger partial charge in [-0.1, -0.05) is 18.7 Å². The molecule has 3 aromatic rings. The van der Waals surface area contributed by atoms with Gasteiger partial charge in [0.25, 0.3) is 10.1 Å². The summed E-state index contributed by atoms with van der Waals surface area (Å²) >= 11 is 10.3. The fraction of sp³-hybridized carbons (Fsp3) is 0.438. The summed E-state index contributed by atoms with van der Waals surface area (Å²) in [4.78, 5) is 9.40. The molecule has 0 saturated carbocycles. The number of nitrogens with zero attached hydrogens (tertiary/aromatic N) is 1. The van der Waals surface area contributed by atoms with E-state index in [1.807, 2.05) is 0 Å². The molecule has 1 aliphatic heterocycles. The third-order valence-electron chi connectivity index (χ3n) is 7.70. The van der Waals surface area contributed by atoms with E-state index in [9.17, 15) is 25.9 Å². The van der Waals surface area contributed by atoms with Crippen molar-refractivity contribution in [1.29, 1.82) is 0 Å².